The van der Waals surface area contributed by atoms with Crippen molar-refractivity contribution in [3.63, 3.8) is 0 Å². The summed E-state index contributed by atoms with van der Waals surface area (Å²) in [6, 6.07) is 4.64. The lowest BCUT2D eigenvalue weighted by molar-refractivity contribution is -0.385. The van der Waals surface area contributed by atoms with E-state index in [4.69, 9.17) is 5.21 Å². The molecule has 13 heavy (non-hydrogen) atoms. The maximum atomic E-state index is 10.5. The molecule has 0 aliphatic carbocycles. The molecule has 0 aromatic heterocycles. The zero-order chi connectivity index (χ0) is 9.84. The van der Waals surface area contributed by atoms with Gasteiger partial charge in [0.05, 0.1) is 9.40 Å². The Morgan fingerprint density at radius 2 is 2.31 bits per heavy atom. The molecule has 0 unspecified atom stereocenters. The van der Waals surface area contributed by atoms with E-state index in [0.717, 1.165) is 0 Å². The molecule has 0 saturated carbocycles. The minimum atomic E-state index is -0.481. The lowest BCUT2D eigenvalue weighted by Crippen LogP contribution is -2.07. The summed E-state index contributed by atoms with van der Waals surface area (Å²) in [5.74, 6) is 0. The van der Waals surface area contributed by atoms with Gasteiger partial charge in [0.1, 0.15) is 0 Å². The quantitative estimate of drug-likeness (QED) is 0.631. The number of hydroxylamine groups is 1. The van der Waals surface area contributed by atoms with Gasteiger partial charge in [-0.1, -0.05) is 12.1 Å². The molecular weight excluding hydrogens is 240 g/mol. The molecule has 0 aliphatic rings. The van der Waals surface area contributed by atoms with Gasteiger partial charge in [-0.3, -0.25) is 10.1 Å². The highest BCUT2D eigenvalue weighted by molar-refractivity contribution is 9.10. The maximum Gasteiger partial charge on any atom is 0.283 e. The summed E-state index contributed by atoms with van der Waals surface area (Å²) in [5, 5.41) is 18.9. The summed E-state index contributed by atoms with van der Waals surface area (Å²) < 4.78 is 0.390. The molecule has 6 heteroatoms. The van der Waals surface area contributed by atoms with Crippen LogP contribution in [0.5, 0.6) is 0 Å². The normalized spacial score (nSPS) is 10.0. The summed E-state index contributed by atoms with van der Waals surface area (Å²) >= 11 is 3.09. The number of halogens is 1. The third-order valence-electron chi connectivity index (χ3n) is 1.52. The van der Waals surface area contributed by atoms with Gasteiger partial charge in [-0.2, -0.15) is 0 Å². The molecule has 2 N–H and O–H groups in total. The van der Waals surface area contributed by atoms with E-state index in [1.54, 1.807) is 12.1 Å². The third-order valence-corrected chi connectivity index (χ3v) is 2.44. The Balaban J connectivity index is 3.10. The second kappa shape index (κ2) is 4.31. The Bertz CT molecular complexity index is 330. The predicted molar refractivity (Wildman–Crippen MR) is 49.4 cm³/mol. The van der Waals surface area contributed by atoms with Crippen LogP contribution in [0.1, 0.15) is 5.56 Å². The second-order valence-corrected chi connectivity index (χ2v) is 3.14. The molecule has 0 fully saturated rings. The van der Waals surface area contributed by atoms with E-state index in [1.165, 1.54) is 6.07 Å². The number of nitrogens with zero attached hydrogens (tertiary/aromatic N) is 1. The fourth-order valence-electron chi connectivity index (χ4n) is 0.929. The first-order chi connectivity index (χ1) is 6.16. The summed E-state index contributed by atoms with van der Waals surface area (Å²) in [4.78, 5) is 9.99. The minimum Gasteiger partial charge on any atom is -0.316 e. The first-order valence-corrected chi connectivity index (χ1v) is 4.25. The Hall–Kier alpha value is -0.980. The number of hydrogen-bond donors (Lipinski definition) is 2. The van der Waals surface area contributed by atoms with E-state index in [1.807, 2.05) is 5.48 Å². The fraction of sp³-hybridized carbons (Fsp3) is 0.143. The molecule has 0 heterocycles. The topological polar surface area (TPSA) is 75.4 Å². The summed E-state index contributed by atoms with van der Waals surface area (Å²) in [5.41, 5.74) is 2.57. The molecule has 5 nitrogen and oxygen atoms in total. The molecule has 0 spiro atoms. The molecule has 1 rings (SSSR count). The molecule has 0 bridgehead atoms. The lowest BCUT2D eigenvalue weighted by atomic mass is 10.2. The Kier molecular flexibility index (Phi) is 3.35. The molecule has 0 atom stereocenters. The van der Waals surface area contributed by atoms with Gasteiger partial charge in [-0.05, 0) is 21.5 Å². The predicted octanol–water partition coefficient (Wildman–Crippen LogP) is 1.84. The van der Waals surface area contributed by atoms with Crippen molar-refractivity contribution in [2.75, 3.05) is 0 Å². The average molecular weight is 247 g/mol. The van der Waals surface area contributed by atoms with Crippen LogP contribution in [0.2, 0.25) is 0 Å². The number of nitro benzene ring substituents is 1. The van der Waals surface area contributed by atoms with E-state index in [2.05, 4.69) is 15.9 Å². The largest absolute Gasteiger partial charge is 0.316 e. The third kappa shape index (κ3) is 2.24. The maximum absolute atomic E-state index is 10.5. The minimum absolute atomic E-state index is 0.00671. The van der Waals surface area contributed by atoms with E-state index >= 15 is 0 Å². The monoisotopic (exact) mass is 246 g/mol. The van der Waals surface area contributed by atoms with Crippen LogP contribution in [0.3, 0.4) is 0 Å². The van der Waals surface area contributed by atoms with Gasteiger partial charge in [0.2, 0.25) is 0 Å². The molecule has 0 radical (unpaired) electrons. The van der Waals surface area contributed by atoms with Crippen LogP contribution in [0.25, 0.3) is 0 Å². The van der Waals surface area contributed by atoms with Gasteiger partial charge >= 0.3 is 0 Å². The van der Waals surface area contributed by atoms with E-state index in [-0.39, 0.29) is 12.2 Å². The summed E-state index contributed by atoms with van der Waals surface area (Å²) in [6.45, 7) is 0.169. The lowest BCUT2D eigenvalue weighted by Gasteiger charge is -2.02. The summed E-state index contributed by atoms with van der Waals surface area (Å²) in [7, 11) is 0. The number of nitrogens with one attached hydrogen (secondary N) is 1. The van der Waals surface area contributed by atoms with Gasteiger partial charge in [0, 0.05) is 12.6 Å². The van der Waals surface area contributed by atoms with E-state index in [9.17, 15) is 10.1 Å². The highest BCUT2D eigenvalue weighted by Crippen LogP contribution is 2.27. The Morgan fingerprint density at radius 3 is 2.85 bits per heavy atom. The van der Waals surface area contributed by atoms with Gasteiger partial charge in [-0.25, -0.2) is 5.48 Å². The van der Waals surface area contributed by atoms with Crippen LogP contribution in [-0.4, -0.2) is 10.1 Å². The first-order valence-electron chi connectivity index (χ1n) is 3.45. The van der Waals surface area contributed by atoms with Gasteiger partial charge < -0.3 is 5.21 Å². The number of benzene rings is 1. The highest BCUT2D eigenvalue weighted by atomic mass is 79.9. The molecule has 0 saturated heterocycles. The van der Waals surface area contributed by atoms with Crippen molar-refractivity contribution < 1.29 is 10.1 Å². The SMILES string of the molecule is O=[N+]([O-])c1cccc(CNO)c1Br. The van der Waals surface area contributed by atoms with Crippen LogP contribution in [-0.2, 0) is 6.54 Å². The van der Waals surface area contributed by atoms with Crippen LogP contribution < -0.4 is 5.48 Å². The van der Waals surface area contributed by atoms with E-state index < -0.39 is 4.92 Å². The fourth-order valence-corrected chi connectivity index (χ4v) is 1.48. The van der Waals surface area contributed by atoms with Crippen molar-refractivity contribution in [2.45, 2.75) is 6.54 Å². The molecule has 0 aliphatic heterocycles. The smallest absolute Gasteiger partial charge is 0.283 e. The first kappa shape index (κ1) is 10.1. The van der Waals surface area contributed by atoms with Crippen LogP contribution in [0.4, 0.5) is 5.69 Å². The van der Waals surface area contributed by atoms with Crippen molar-refractivity contribution in [1.82, 2.24) is 5.48 Å². The summed E-state index contributed by atoms with van der Waals surface area (Å²) in [6.07, 6.45) is 0. The van der Waals surface area contributed by atoms with E-state index in [0.29, 0.717) is 10.0 Å². The van der Waals surface area contributed by atoms with Crippen molar-refractivity contribution in [2.24, 2.45) is 0 Å². The molecule has 1 aromatic carbocycles. The van der Waals surface area contributed by atoms with Crippen molar-refractivity contribution in [1.29, 1.82) is 0 Å². The number of nitro groups is 1. The molecule has 0 amide bonds. The Labute approximate surface area is 82.6 Å². The Morgan fingerprint density at radius 1 is 1.62 bits per heavy atom. The molecule has 1 aromatic rings. The van der Waals surface area contributed by atoms with Crippen molar-refractivity contribution >= 4 is 21.6 Å². The van der Waals surface area contributed by atoms with Crippen LogP contribution >= 0.6 is 15.9 Å². The molecular formula is C7H7BrN2O3. The number of hydrogen-bond acceptors (Lipinski definition) is 4. The van der Waals surface area contributed by atoms with Gasteiger partial charge in [0.25, 0.3) is 5.69 Å². The zero-order valence-corrected chi connectivity index (χ0v) is 8.11. The van der Waals surface area contributed by atoms with Crippen LogP contribution in [0.15, 0.2) is 22.7 Å². The van der Waals surface area contributed by atoms with Crippen molar-refractivity contribution in [3.05, 3.63) is 38.3 Å². The van der Waals surface area contributed by atoms with Crippen molar-refractivity contribution in [3.8, 4) is 0 Å². The number of rotatable bonds is 3. The second-order valence-electron chi connectivity index (χ2n) is 2.34. The van der Waals surface area contributed by atoms with Gasteiger partial charge in [0.15, 0.2) is 0 Å². The molecule has 70 valence electrons. The van der Waals surface area contributed by atoms with Crippen LogP contribution in [0, 0.1) is 10.1 Å². The highest BCUT2D eigenvalue weighted by Gasteiger charge is 2.13. The van der Waals surface area contributed by atoms with Gasteiger partial charge in [-0.15, -0.1) is 0 Å². The average Bonchev–Trinajstić information content (AvgIpc) is 2.08. The zero-order valence-electron chi connectivity index (χ0n) is 6.53. The standard InChI is InChI=1S/C7H7BrN2O3/c8-7-5(4-9-11)2-1-3-6(7)10(12)13/h1-3,9,11H,4H2.